The van der Waals surface area contributed by atoms with Crippen molar-refractivity contribution in [3.8, 4) is 0 Å². The Kier molecular flexibility index (Phi) is 8.33. The first kappa shape index (κ1) is 15.7. The zero-order valence-corrected chi connectivity index (χ0v) is 11.2. The highest BCUT2D eigenvalue weighted by Crippen LogP contribution is 2.23. The monoisotopic (exact) mass is 280 g/mol. The van der Waals surface area contributed by atoms with E-state index >= 15 is 0 Å². The number of ether oxygens (including phenoxy) is 3. The Balaban J connectivity index is 2.00. The average molecular weight is 281 g/mol. The summed E-state index contributed by atoms with van der Waals surface area (Å²) in [5.74, 6) is -0.533. The van der Waals surface area contributed by atoms with E-state index in [1.165, 1.54) is 0 Å². The first-order valence-corrected chi connectivity index (χ1v) is 6.85. The van der Waals surface area contributed by atoms with Crippen molar-refractivity contribution >= 4 is 17.6 Å². The van der Waals surface area contributed by atoms with E-state index in [-0.39, 0.29) is 31.3 Å². The molecule has 1 saturated carbocycles. The second-order valence-electron chi connectivity index (χ2n) is 4.22. The third-order valence-corrected chi connectivity index (χ3v) is 3.09. The molecule has 1 N–H and O–H groups in total. The number of carbonyl (C=O) groups excluding carboxylic acids is 1. The van der Waals surface area contributed by atoms with Gasteiger partial charge in [0.05, 0.1) is 32.0 Å². The SMILES string of the molecule is O=C(CCl)OCCOC1CCC(OCCO)CC1. The minimum absolute atomic E-state index is 0.0718. The molecule has 0 amide bonds. The van der Waals surface area contributed by atoms with E-state index in [1.807, 2.05) is 0 Å². The van der Waals surface area contributed by atoms with Crippen molar-refractivity contribution in [1.29, 1.82) is 0 Å². The Morgan fingerprint density at radius 1 is 1.06 bits per heavy atom. The summed E-state index contributed by atoms with van der Waals surface area (Å²) < 4.78 is 15.9. The fourth-order valence-electron chi connectivity index (χ4n) is 1.99. The lowest BCUT2D eigenvalue weighted by Gasteiger charge is -2.28. The van der Waals surface area contributed by atoms with E-state index in [2.05, 4.69) is 0 Å². The van der Waals surface area contributed by atoms with Crippen molar-refractivity contribution in [2.45, 2.75) is 37.9 Å². The number of rotatable bonds is 8. The van der Waals surface area contributed by atoms with E-state index < -0.39 is 5.97 Å². The summed E-state index contributed by atoms with van der Waals surface area (Å²) in [6, 6.07) is 0. The van der Waals surface area contributed by atoms with Gasteiger partial charge >= 0.3 is 5.97 Å². The van der Waals surface area contributed by atoms with Crippen molar-refractivity contribution in [2.75, 3.05) is 32.3 Å². The van der Waals surface area contributed by atoms with Crippen LogP contribution >= 0.6 is 11.6 Å². The fourth-order valence-corrected chi connectivity index (χ4v) is 2.07. The van der Waals surface area contributed by atoms with Crippen LogP contribution in [0.5, 0.6) is 0 Å². The molecular weight excluding hydrogens is 260 g/mol. The van der Waals surface area contributed by atoms with Gasteiger partial charge in [-0.05, 0) is 25.7 Å². The van der Waals surface area contributed by atoms with E-state index in [4.69, 9.17) is 30.9 Å². The predicted octanol–water partition coefficient (Wildman–Crippen LogP) is 1.11. The molecule has 0 aromatic rings. The Morgan fingerprint density at radius 2 is 1.61 bits per heavy atom. The average Bonchev–Trinajstić information content (AvgIpc) is 2.42. The minimum atomic E-state index is -0.415. The number of halogens is 1. The van der Waals surface area contributed by atoms with Crippen LogP contribution < -0.4 is 0 Å². The Bertz CT molecular complexity index is 229. The van der Waals surface area contributed by atoms with E-state index in [0.717, 1.165) is 25.7 Å². The summed E-state index contributed by atoms with van der Waals surface area (Å²) in [6.45, 7) is 1.15. The number of esters is 1. The van der Waals surface area contributed by atoms with Gasteiger partial charge in [-0.15, -0.1) is 11.6 Å². The minimum Gasteiger partial charge on any atom is -0.462 e. The van der Waals surface area contributed by atoms with Gasteiger partial charge in [0.1, 0.15) is 12.5 Å². The molecule has 0 saturated heterocycles. The third-order valence-electron chi connectivity index (χ3n) is 2.88. The van der Waals surface area contributed by atoms with Crippen molar-refractivity contribution in [1.82, 2.24) is 0 Å². The topological polar surface area (TPSA) is 65.0 Å². The number of aliphatic hydroxyl groups is 1. The van der Waals surface area contributed by atoms with Gasteiger partial charge in [-0.1, -0.05) is 0 Å². The van der Waals surface area contributed by atoms with Crippen LogP contribution in [0, 0.1) is 0 Å². The zero-order chi connectivity index (χ0) is 13.2. The highest BCUT2D eigenvalue weighted by molar-refractivity contribution is 6.26. The molecule has 5 nitrogen and oxygen atoms in total. The highest BCUT2D eigenvalue weighted by atomic mass is 35.5. The molecule has 18 heavy (non-hydrogen) atoms. The van der Waals surface area contributed by atoms with Crippen LogP contribution in [-0.4, -0.2) is 55.6 Å². The van der Waals surface area contributed by atoms with Crippen molar-refractivity contribution in [3.05, 3.63) is 0 Å². The number of aliphatic hydroxyl groups excluding tert-OH is 1. The maximum atomic E-state index is 10.8. The van der Waals surface area contributed by atoms with Crippen LogP contribution in [0.4, 0.5) is 0 Å². The van der Waals surface area contributed by atoms with Crippen molar-refractivity contribution in [2.24, 2.45) is 0 Å². The second-order valence-corrected chi connectivity index (χ2v) is 4.49. The van der Waals surface area contributed by atoms with Gasteiger partial charge < -0.3 is 19.3 Å². The van der Waals surface area contributed by atoms with Gasteiger partial charge in [0.2, 0.25) is 0 Å². The normalized spacial score (nSPS) is 23.9. The Labute approximate surface area is 112 Å². The van der Waals surface area contributed by atoms with Gasteiger partial charge in [-0.2, -0.15) is 0 Å². The molecule has 0 bridgehead atoms. The summed E-state index contributed by atoms with van der Waals surface area (Å²) in [5, 5.41) is 8.66. The molecule has 6 heteroatoms. The van der Waals surface area contributed by atoms with Crippen molar-refractivity contribution < 1.29 is 24.1 Å². The van der Waals surface area contributed by atoms with E-state index in [9.17, 15) is 4.79 Å². The van der Waals surface area contributed by atoms with Crippen LogP contribution in [-0.2, 0) is 19.0 Å². The van der Waals surface area contributed by atoms with Crippen LogP contribution in [0.25, 0.3) is 0 Å². The van der Waals surface area contributed by atoms with Crippen LogP contribution in [0.1, 0.15) is 25.7 Å². The quantitative estimate of drug-likeness (QED) is 0.410. The Morgan fingerprint density at radius 3 is 2.11 bits per heavy atom. The lowest BCUT2D eigenvalue weighted by Crippen LogP contribution is -2.28. The molecule has 0 heterocycles. The lowest BCUT2D eigenvalue weighted by molar-refractivity contribution is -0.143. The maximum Gasteiger partial charge on any atom is 0.320 e. The van der Waals surface area contributed by atoms with Gasteiger partial charge in [-0.25, -0.2) is 0 Å². The van der Waals surface area contributed by atoms with Gasteiger partial charge in [0.15, 0.2) is 0 Å². The summed E-state index contributed by atoms with van der Waals surface area (Å²) in [6.07, 6.45) is 4.25. The number of hydrogen-bond donors (Lipinski definition) is 1. The molecule has 0 aromatic carbocycles. The number of carbonyl (C=O) groups is 1. The lowest BCUT2D eigenvalue weighted by atomic mass is 9.95. The number of hydrogen-bond acceptors (Lipinski definition) is 5. The third kappa shape index (κ3) is 6.54. The fraction of sp³-hybridized carbons (Fsp3) is 0.917. The van der Waals surface area contributed by atoms with Crippen molar-refractivity contribution in [3.63, 3.8) is 0 Å². The molecule has 0 spiro atoms. The maximum absolute atomic E-state index is 10.8. The first-order valence-electron chi connectivity index (χ1n) is 6.32. The van der Waals surface area contributed by atoms with Gasteiger partial charge in [0, 0.05) is 0 Å². The molecule has 1 aliphatic rings. The van der Waals surface area contributed by atoms with E-state index in [1.54, 1.807) is 0 Å². The van der Waals surface area contributed by atoms with Crippen LogP contribution in [0.3, 0.4) is 0 Å². The summed E-state index contributed by atoms with van der Waals surface area (Å²) in [5.41, 5.74) is 0. The predicted molar refractivity (Wildman–Crippen MR) is 66.7 cm³/mol. The largest absolute Gasteiger partial charge is 0.462 e. The second kappa shape index (κ2) is 9.55. The van der Waals surface area contributed by atoms with Gasteiger partial charge in [-0.3, -0.25) is 4.79 Å². The molecule has 1 aliphatic carbocycles. The smallest absolute Gasteiger partial charge is 0.320 e. The molecular formula is C12H21ClO5. The first-order chi connectivity index (χ1) is 8.76. The van der Waals surface area contributed by atoms with Crippen LogP contribution in [0.2, 0.25) is 0 Å². The molecule has 0 aliphatic heterocycles. The molecule has 1 rings (SSSR count). The summed E-state index contributed by atoms with van der Waals surface area (Å²) in [4.78, 5) is 10.8. The summed E-state index contributed by atoms with van der Waals surface area (Å²) in [7, 11) is 0. The van der Waals surface area contributed by atoms with E-state index in [0.29, 0.717) is 13.2 Å². The molecule has 1 fully saturated rings. The summed E-state index contributed by atoms with van der Waals surface area (Å²) >= 11 is 5.29. The highest BCUT2D eigenvalue weighted by Gasteiger charge is 2.21. The van der Waals surface area contributed by atoms with Crippen LogP contribution in [0.15, 0.2) is 0 Å². The van der Waals surface area contributed by atoms with Gasteiger partial charge in [0.25, 0.3) is 0 Å². The Hall–Kier alpha value is -0.360. The molecule has 0 unspecified atom stereocenters. The molecule has 106 valence electrons. The molecule has 0 atom stereocenters. The molecule has 0 radical (unpaired) electrons. The standard InChI is InChI=1S/C12H21ClO5/c13-9-12(15)18-8-7-17-11-3-1-10(2-4-11)16-6-5-14/h10-11,14H,1-9H2. The number of alkyl halides is 1. The molecule has 0 aromatic heterocycles. The zero-order valence-electron chi connectivity index (χ0n) is 10.5.